The molecule has 0 fully saturated rings. The fraction of sp³-hybridized carbons (Fsp3) is 0.350. The third kappa shape index (κ3) is 4.10. The van der Waals surface area contributed by atoms with Crippen LogP contribution in [-0.2, 0) is 24.7 Å². The van der Waals surface area contributed by atoms with Gasteiger partial charge in [-0.25, -0.2) is 0 Å². The molecule has 3 heterocycles. The van der Waals surface area contributed by atoms with E-state index in [9.17, 15) is 9.59 Å². The molecule has 0 aromatic carbocycles. The summed E-state index contributed by atoms with van der Waals surface area (Å²) in [5.74, 6) is 0.648. The highest BCUT2D eigenvalue weighted by Crippen LogP contribution is 2.39. The minimum atomic E-state index is -0.488. The lowest BCUT2D eigenvalue weighted by Gasteiger charge is -2.18. The highest BCUT2D eigenvalue weighted by Gasteiger charge is 2.27. The Labute approximate surface area is 182 Å². The first-order valence-corrected chi connectivity index (χ1v) is 11.4. The van der Waals surface area contributed by atoms with Crippen molar-refractivity contribution in [3.05, 3.63) is 40.4 Å². The molecule has 0 radical (unpaired) electrons. The molecule has 1 unspecified atom stereocenters. The van der Waals surface area contributed by atoms with Gasteiger partial charge >= 0.3 is 0 Å². The Hall–Kier alpha value is -2.72. The van der Waals surface area contributed by atoms with Gasteiger partial charge in [-0.15, -0.1) is 21.5 Å². The standard InChI is InChI=1S/C20H22N6O2S2/c1-11-6-7-12-14(9-11)30-19(16(12)17(21)28)23-15(27)10-29-20-25-24-18(26(20)2)13-5-3-4-8-22-13/h3-5,8,11H,6-7,9-10H2,1-2H3,(H2,21,28)(H,23,27). The van der Waals surface area contributed by atoms with Gasteiger partial charge in [-0.2, -0.15) is 0 Å². The van der Waals surface area contributed by atoms with Crippen molar-refractivity contribution in [2.45, 2.75) is 31.3 Å². The number of aromatic nitrogens is 4. The number of rotatable bonds is 6. The zero-order valence-electron chi connectivity index (χ0n) is 16.7. The van der Waals surface area contributed by atoms with Crippen molar-refractivity contribution in [2.75, 3.05) is 11.1 Å². The summed E-state index contributed by atoms with van der Waals surface area (Å²) in [6.45, 7) is 2.20. The first kappa shape index (κ1) is 20.5. The molecule has 156 valence electrons. The van der Waals surface area contributed by atoms with Gasteiger partial charge < -0.3 is 15.6 Å². The Morgan fingerprint density at radius 2 is 2.20 bits per heavy atom. The zero-order chi connectivity index (χ0) is 21.3. The maximum Gasteiger partial charge on any atom is 0.251 e. The molecule has 0 aliphatic heterocycles. The SMILES string of the molecule is CC1CCc2c(sc(NC(=O)CSc3nnc(-c4ccccn4)n3C)c2C(N)=O)C1. The van der Waals surface area contributed by atoms with Crippen LogP contribution in [-0.4, -0.2) is 37.3 Å². The predicted octanol–water partition coefficient (Wildman–Crippen LogP) is 2.89. The molecule has 0 bridgehead atoms. The van der Waals surface area contributed by atoms with E-state index in [2.05, 4.69) is 27.4 Å². The number of nitrogens with two attached hydrogens (primary N) is 1. The van der Waals surface area contributed by atoms with Crippen LogP contribution >= 0.6 is 23.1 Å². The molecule has 3 aromatic rings. The Morgan fingerprint density at radius 1 is 1.37 bits per heavy atom. The Balaban J connectivity index is 1.45. The zero-order valence-corrected chi connectivity index (χ0v) is 18.3. The lowest BCUT2D eigenvalue weighted by molar-refractivity contribution is -0.113. The Bertz CT molecular complexity index is 1090. The summed E-state index contributed by atoms with van der Waals surface area (Å²) in [5, 5.41) is 12.4. The molecule has 0 saturated carbocycles. The highest BCUT2D eigenvalue weighted by molar-refractivity contribution is 7.99. The van der Waals surface area contributed by atoms with E-state index in [0.717, 1.165) is 29.7 Å². The molecule has 30 heavy (non-hydrogen) atoms. The van der Waals surface area contributed by atoms with E-state index in [1.165, 1.54) is 23.1 Å². The van der Waals surface area contributed by atoms with Gasteiger partial charge in [0, 0.05) is 18.1 Å². The van der Waals surface area contributed by atoms with Crippen molar-refractivity contribution in [3.63, 3.8) is 0 Å². The van der Waals surface area contributed by atoms with Crippen molar-refractivity contribution in [3.8, 4) is 11.5 Å². The van der Waals surface area contributed by atoms with E-state index in [1.54, 1.807) is 10.8 Å². The number of pyridine rings is 1. The fourth-order valence-electron chi connectivity index (χ4n) is 3.55. The van der Waals surface area contributed by atoms with E-state index in [4.69, 9.17) is 5.73 Å². The molecule has 1 aliphatic rings. The molecular weight excluding hydrogens is 420 g/mol. The van der Waals surface area contributed by atoms with Crippen LogP contribution in [0, 0.1) is 5.92 Å². The van der Waals surface area contributed by atoms with E-state index in [0.29, 0.717) is 33.2 Å². The summed E-state index contributed by atoms with van der Waals surface area (Å²) in [6.07, 6.45) is 4.46. The summed E-state index contributed by atoms with van der Waals surface area (Å²) in [6, 6.07) is 5.58. The van der Waals surface area contributed by atoms with Gasteiger partial charge in [0.05, 0.1) is 11.3 Å². The number of hydrogen-bond donors (Lipinski definition) is 2. The highest BCUT2D eigenvalue weighted by atomic mass is 32.2. The third-order valence-corrected chi connectivity index (χ3v) is 7.26. The molecule has 0 spiro atoms. The van der Waals surface area contributed by atoms with Gasteiger partial charge in [-0.3, -0.25) is 14.6 Å². The number of nitrogens with one attached hydrogen (secondary N) is 1. The molecule has 3 aromatic heterocycles. The summed E-state index contributed by atoms with van der Waals surface area (Å²) in [5.41, 5.74) is 7.81. The van der Waals surface area contributed by atoms with Crippen molar-refractivity contribution in [1.29, 1.82) is 0 Å². The van der Waals surface area contributed by atoms with Crippen LogP contribution in [0.5, 0.6) is 0 Å². The average Bonchev–Trinajstić information content (AvgIpc) is 3.26. The normalized spacial score (nSPS) is 15.6. The smallest absolute Gasteiger partial charge is 0.251 e. The topological polar surface area (TPSA) is 116 Å². The number of carbonyl (C=O) groups is 2. The van der Waals surface area contributed by atoms with Crippen LogP contribution in [0.3, 0.4) is 0 Å². The quantitative estimate of drug-likeness (QED) is 0.567. The molecule has 3 N–H and O–H groups in total. The van der Waals surface area contributed by atoms with Crippen LogP contribution in [0.2, 0.25) is 0 Å². The van der Waals surface area contributed by atoms with Crippen LogP contribution in [0.4, 0.5) is 5.00 Å². The molecule has 2 amide bonds. The van der Waals surface area contributed by atoms with Crippen LogP contribution in [0.15, 0.2) is 29.6 Å². The van der Waals surface area contributed by atoms with Crippen molar-refractivity contribution in [1.82, 2.24) is 19.7 Å². The fourth-order valence-corrected chi connectivity index (χ4v) is 5.69. The summed E-state index contributed by atoms with van der Waals surface area (Å²) in [4.78, 5) is 30.0. The average molecular weight is 443 g/mol. The largest absolute Gasteiger partial charge is 0.365 e. The molecular formula is C20H22N6O2S2. The van der Waals surface area contributed by atoms with Crippen LogP contribution in [0.1, 0.15) is 34.1 Å². The van der Waals surface area contributed by atoms with E-state index < -0.39 is 5.91 Å². The van der Waals surface area contributed by atoms with E-state index >= 15 is 0 Å². The molecule has 1 atom stereocenters. The predicted molar refractivity (Wildman–Crippen MR) is 118 cm³/mol. The van der Waals surface area contributed by atoms with Crippen molar-refractivity contribution >= 4 is 39.9 Å². The number of thiophene rings is 1. The van der Waals surface area contributed by atoms with Gasteiger partial charge in [0.1, 0.15) is 10.7 Å². The van der Waals surface area contributed by atoms with Crippen molar-refractivity contribution in [2.24, 2.45) is 18.7 Å². The molecule has 1 aliphatic carbocycles. The van der Waals surface area contributed by atoms with E-state index in [-0.39, 0.29) is 11.7 Å². The number of hydrogen-bond acceptors (Lipinski definition) is 7. The maximum absolute atomic E-state index is 12.6. The molecule has 4 rings (SSSR count). The molecule has 10 heteroatoms. The van der Waals surface area contributed by atoms with Crippen LogP contribution in [0.25, 0.3) is 11.5 Å². The second-order valence-electron chi connectivity index (χ2n) is 7.34. The van der Waals surface area contributed by atoms with Gasteiger partial charge in [0.2, 0.25) is 5.91 Å². The lowest BCUT2D eigenvalue weighted by atomic mass is 9.88. The molecule has 8 nitrogen and oxygen atoms in total. The lowest BCUT2D eigenvalue weighted by Crippen LogP contribution is -2.20. The first-order valence-electron chi connectivity index (χ1n) is 9.61. The minimum Gasteiger partial charge on any atom is -0.365 e. The second kappa shape index (κ2) is 8.57. The monoisotopic (exact) mass is 442 g/mol. The summed E-state index contributed by atoms with van der Waals surface area (Å²) >= 11 is 2.74. The Kier molecular flexibility index (Phi) is 5.87. The number of amides is 2. The number of anilines is 1. The van der Waals surface area contributed by atoms with Gasteiger partial charge in [0.15, 0.2) is 11.0 Å². The second-order valence-corrected chi connectivity index (χ2v) is 9.38. The first-order chi connectivity index (χ1) is 14.4. The Morgan fingerprint density at radius 3 is 2.93 bits per heavy atom. The van der Waals surface area contributed by atoms with Gasteiger partial charge in [-0.05, 0) is 42.9 Å². The number of nitrogens with zero attached hydrogens (tertiary/aromatic N) is 4. The summed E-state index contributed by atoms with van der Waals surface area (Å²) < 4.78 is 1.81. The minimum absolute atomic E-state index is 0.144. The maximum atomic E-state index is 12.6. The van der Waals surface area contributed by atoms with Gasteiger partial charge in [0.25, 0.3) is 5.91 Å². The number of thioether (sulfide) groups is 1. The van der Waals surface area contributed by atoms with Crippen molar-refractivity contribution < 1.29 is 9.59 Å². The molecule has 0 saturated heterocycles. The van der Waals surface area contributed by atoms with E-state index in [1.807, 2.05) is 25.2 Å². The number of fused-ring (bicyclic) bond motifs is 1. The van der Waals surface area contributed by atoms with Gasteiger partial charge in [-0.1, -0.05) is 24.8 Å². The van der Waals surface area contributed by atoms with Crippen LogP contribution < -0.4 is 11.1 Å². The number of primary amides is 1. The third-order valence-electron chi connectivity index (χ3n) is 5.07. The summed E-state index contributed by atoms with van der Waals surface area (Å²) in [7, 11) is 1.84. The number of carbonyl (C=O) groups excluding carboxylic acids is 2.